The summed E-state index contributed by atoms with van der Waals surface area (Å²) in [7, 11) is 1.68. The van der Waals surface area contributed by atoms with Gasteiger partial charge in [0, 0.05) is 7.05 Å². The first-order chi connectivity index (χ1) is 6.16. The highest BCUT2D eigenvalue weighted by atomic mass is 79.9. The Hall–Kier alpha value is -0.680. The molecule has 0 aliphatic carbocycles. The molecule has 1 aliphatic rings. The molecular weight excluding hydrogens is 252 g/mol. The second-order valence-corrected chi connectivity index (χ2v) is 5.21. The van der Waals surface area contributed by atoms with E-state index in [2.05, 4.69) is 21.0 Å². The van der Waals surface area contributed by atoms with E-state index >= 15 is 0 Å². The van der Waals surface area contributed by atoms with Crippen molar-refractivity contribution in [1.29, 1.82) is 0 Å². The number of hydrogen-bond acceptors (Lipinski definition) is 3. The smallest absolute Gasteiger partial charge is 0.248 e. The number of thiophene rings is 1. The Labute approximate surface area is 88.2 Å². The molecule has 0 atom stereocenters. The predicted octanol–water partition coefficient (Wildman–Crippen LogP) is 2.08. The van der Waals surface area contributed by atoms with Gasteiger partial charge in [-0.1, -0.05) is 0 Å². The van der Waals surface area contributed by atoms with Crippen molar-refractivity contribution >= 4 is 38.9 Å². The molecule has 2 heterocycles. The highest BCUT2D eigenvalue weighted by Crippen LogP contribution is 2.25. The van der Waals surface area contributed by atoms with E-state index in [1.54, 1.807) is 18.4 Å². The second kappa shape index (κ2) is 3.23. The highest BCUT2D eigenvalue weighted by Gasteiger charge is 2.22. The zero-order chi connectivity index (χ0) is 9.42. The summed E-state index contributed by atoms with van der Waals surface area (Å²) in [5.74, 6) is 0.0551. The van der Waals surface area contributed by atoms with Crippen LogP contribution in [0.5, 0.6) is 0 Å². The fraction of sp³-hybridized carbons (Fsp3) is 0.250. The molecule has 0 radical (unpaired) electrons. The topological polar surface area (TPSA) is 32.7 Å². The molecule has 0 bridgehead atoms. The number of carbonyl (C=O) groups is 1. The maximum Gasteiger partial charge on any atom is 0.248 e. The van der Waals surface area contributed by atoms with Gasteiger partial charge in [0.2, 0.25) is 5.91 Å². The summed E-state index contributed by atoms with van der Waals surface area (Å²) in [6, 6.07) is 3.94. The Morgan fingerprint density at radius 3 is 2.85 bits per heavy atom. The Balaban J connectivity index is 2.29. The lowest BCUT2D eigenvalue weighted by atomic mass is 10.2. The van der Waals surface area contributed by atoms with Crippen LogP contribution in [0.15, 0.2) is 21.0 Å². The van der Waals surface area contributed by atoms with Crippen molar-refractivity contribution in [2.75, 3.05) is 7.05 Å². The standard InChI is InChI=1S/C8H7BrN2OS/c1-11-8(12)4-5(10-11)6-2-3-7(9)13-6/h2-3H,4H2,1H3. The van der Waals surface area contributed by atoms with Crippen molar-refractivity contribution in [1.82, 2.24) is 5.01 Å². The van der Waals surface area contributed by atoms with E-state index < -0.39 is 0 Å². The number of amides is 1. The van der Waals surface area contributed by atoms with Gasteiger partial charge in [-0.3, -0.25) is 4.79 Å². The molecule has 3 nitrogen and oxygen atoms in total. The van der Waals surface area contributed by atoms with Crippen molar-refractivity contribution < 1.29 is 4.79 Å². The Morgan fingerprint density at radius 2 is 2.38 bits per heavy atom. The van der Waals surface area contributed by atoms with Gasteiger partial charge in [-0.15, -0.1) is 11.3 Å². The lowest BCUT2D eigenvalue weighted by Gasteiger charge is -1.98. The lowest BCUT2D eigenvalue weighted by Crippen LogP contribution is -2.13. The number of halogens is 1. The minimum absolute atomic E-state index is 0.0551. The number of nitrogens with zero attached hydrogens (tertiary/aromatic N) is 2. The summed E-state index contributed by atoms with van der Waals surface area (Å²) >= 11 is 4.97. The Bertz CT molecular complexity index is 385. The summed E-state index contributed by atoms with van der Waals surface area (Å²) in [5.41, 5.74) is 0.864. The van der Waals surface area contributed by atoms with Crippen LogP contribution in [0.4, 0.5) is 0 Å². The number of hydrogen-bond donors (Lipinski definition) is 0. The average Bonchev–Trinajstić information content (AvgIpc) is 2.61. The van der Waals surface area contributed by atoms with Crippen molar-refractivity contribution in [2.45, 2.75) is 6.42 Å². The van der Waals surface area contributed by atoms with Gasteiger partial charge in [0.05, 0.1) is 20.8 Å². The van der Waals surface area contributed by atoms with Gasteiger partial charge in [0.15, 0.2) is 0 Å². The van der Waals surface area contributed by atoms with Crippen LogP contribution in [0.1, 0.15) is 11.3 Å². The van der Waals surface area contributed by atoms with Gasteiger partial charge in [-0.05, 0) is 28.1 Å². The van der Waals surface area contributed by atoms with Crippen LogP contribution < -0.4 is 0 Å². The van der Waals surface area contributed by atoms with E-state index in [9.17, 15) is 4.79 Å². The van der Waals surface area contributed by atoms with Crippen LogP contribution in [-0.2, 0) is 4.79 Å². The van der Waals surface area contributed by atoms with Crippen LogP contribution in [0.25, 0.3) is 0 Å². The fourth-order valence-corrected chi connectivity index (χ4v) is 2.50. The quantitative estimate of drug-likeness (QED) is 0.760. The monoisotopic (exact) mass is 258 g/mol. The van der Waals surface area contributed by atoms with Crippen LogP contribution in [0.3, 0.4) is 0 Å². The summed E-state index contributed by atoms with van der Waals surface area (Å²) in [6.07, 6.45) is 0.420. The molecule has 2 rings (SSSR count). The van der Waals surface area contributed by atoms with Gasteiger partial charge >= 0.3 is 0 Å². The van der Waals surface area contributed by atoms with E-state index in [-0.39, 0.29) is 5.91 Å². The molecule has 1 aromatic rings. The average molecular weight is 259 g/mol. The van der Waals surface area contributed by atoms with E-state index in [0.29, 0.717) is 6.42 Å². The molecule has 68 valence electrons. The molecule has 0 N–H and O–H groups in total. The maximum absolute atomic E-state index is 11.2. The molecule has 0 fully saturated rings. The van der Waals surface area contributed by atoms with Gasteiger partial charge in [0.25, 0.3) is 0 Å². The SMILES string of the molecule is CN1N=C(c2ccc(Br)s2)CC1=O. The third-order valence-electron chi connectivity index (χ3n) is 1.81. The van der Waals surface area contributed by atoms with E-state index in [0.717, 1.165) is 14.4 Å². The van der Waals surface area contributed by atoms with Gasteiger partial charge < -0.3 is 0 Å². The minimum atomic E-state index is 0.0551. The molecule has 13 heavy (non-hydrogen) atoms. The zero-order valence-electron chi connectivity index (χ0n) is 6.95. The molecule has 1 aromatic heterocycles. The van der Waals surface area contributed by atoms with Crippen molar-refractivity contribution in [3.05, 3.63) is 20.8 Å². The van der Waals surface area contributed by atoms with Crippen LogP contribution >= 0.6 is 27.3 Å². The summed E-state index contributed by atoms with van der Waals surface area (Å²) in [4.78, 5) is 12.2. The van der Waals surface area contributed by atoms with Crippen molar-refractivity contribution in [2.24, 2.45) is 5.10 Å². The highest BCUT2D eigenvalue weighted by molar-refractivity contribution is 9.11. The van der Waals surface area contributed by atoms with Crippen molar-refractivity contribution in [3.63, 3.8) is 0 Å². The third-order valence-corrected chi connectivity index (χ3v) is 3.48. The van der Waals surface area contributed by atoms with E-state index in [1.165, 1.54) is 5.01 Å². The van der Waals surface area contributed by atoms with Gasteiger partial charge in [-0.2, -0.15) is 5.10 Å². The first-order valence-electron chi connectivity index (χ1n) is 3.76. The van der Waals surface area contributed by atoms with Gasteiger partial charge in [0.1, 0.15) is 0 Å². The lowest BCUT2D eigenvalue weighted by molar-refractivity contribution is -0.127. The third kappa shape index (κ3) is 1.66. The van der Waals surface area contributed by atoms with Crippen LogP contribution in [0, 0.1) is 0 Å². The van der Waals surface area contributed by atoms with E-state index in [4.69, 9.17) is 0 Å². The fourth-order valence-electron chi connectivity index (χ4n) is 1.14. The normalized spacial score (nSPS) is 16.6. The molecule has 5 heteroatoms. The molecule has 0 unspecified atom stereocenters. The minimum Gasteiger partial charge on any atom is -0.273 e. The number of rotatable bonds is 1. The molecular formula is C8H7BrN2OS. The molecule has 0 saturated carbocycles. The largest absolute Gasteiger partial charge is 0.273 e. The maximum atomic E-state index is 11.2. The second-order valence-electron chi connectivity index (χ2n) is 2.74. The predicted molar refractivity (Wildman–Crippen MR) is 55.9 cm³/mol. The summed E-state index contributed by atoms with van der Waals surface area (Å²) in [5, 5.41) is 5.53. The molecule has 0 spiro atoms. The molecule has 1 amide bonds. The summed E-state index contributed by atoms with van der Waals surface area (Å²) < 4.78 is 1.06. The van der Waals surface area contributed by atoms with E-state index in [1.807, 2.05) is 12.1 Å². The Kier molecular flexibility index (Phi) is 2.21. The van der Waals surface area contributed by atoms with Crippen LogP contribution in [0.2, 0.25) is 0 Å². The Morgan fingerprint density at radius 1 is 1.62 bits per heavy atom. The summed E-state index contributed by atoms with van der Waals surface area (Å²) in [6.45, 7) is 0. The van der Waals surface area contributed by atoms with Gasteiger partial charge in [-0.25, -0.2) is 5.01 Å². The molecule has 0 aromatic carbocycles. The number of carbonyl (C=O) groups excluding carboxylic acids is 1. The zero-order valence-corrected chi connectivity index (χ0v) is 9.35. The first-order valence-corrected chi connectivity index (χ1v) is 5.37. The van der Waals surface area contributed by atoms with Crippen LogP contribution in [-0.4, -0.2) is 23.7 Å². The van der Waals surface area contributed by atoms with Crippen molar-refractivity contribution in [3.8, 4) is 0 Å². The molecule has 1 aliphatic heterocycles. The molecule has 0 saturated heterocycles. The number of hydrazone groups is 1. The first kappa shape index (κ1) is 8.90.